The van der Waals surface area contributed by atoms with Gasteiger partial charge in [0.2, 0.25) is 5.91 Å². The van der Waals surface area contributed by atoms with Crippen LogP contribution < -0.4 is 10.6 Å². The van der Waals surface area contributed by atoms with Gasteiger partial charge in [-0.3, -0.25) is 15.0 Å². The van der Waals surface area contributed by atoms with Crippen molar-refractivity contribution >= 4 is 5.91 Å². The fourth-order valence-corrected chi connectivity index (χ4v) is 3.04. The molecule has 3 rings (SSSR count). The molecule has 2 N–H and O–H groups in total. The van der Waals surface area contributed by atoms with E-state index < -0.39 is 0 Å². The van der Waals surface area contributed by atoms with Crippen molar-refractivity contribution in [3.8, 4) is 0 Å². The minimum absolute atomic E-state index is 0.0568. The van der Waals surface area contributed by atoms with Crippen LogP contribution in [0.1, 0.15) is 18.4 Å². The van der Waals surface area contributed by atoms with Gasteiger partial charge in [0.1, 0.15) is 11.9 Å². The highest BCUT2D eigenvalue weighted by Gasteiger charge is 2.24. The monoisotopic (exact) mass is 303 g/mol. The van der Waals surface area contributed by atoms with Crippen molar-refractivity contribution in [2.24, 2.45) is 0 Å². The molecule has 4 nitrogen and oxygen atoms in total. The fourth-order valence-electron chi connectivity index (χ4n) is 3.04. The van der Waals surface area contributed by atoms with Gasteiger partial charge in [-0.2, -0.15) is 0 Å². The zero-order valence-electron chi connectivity index (χ0n) is 12.6. The first-order valence-electron chi connectivity index (χ1n) is 7.88. The molecule has 1 fully saturated rings. The molecule has 1 aromatic carbocycles. The average molecular weight is 303 g/mol. The number of nitrogens with zero attached hydrogens (tertiary/aromatic N) is 1. The highest BCUT2D eigenvalue weighted by atomic mass is 19.1. The van der Waals surface area contributed by atoms with Crippen LogP contribution in [0.15, 0.2) is 36.4 Å². The molecule has 0 aromatic heterocycles. The number of hydrogen-bond acceptors (Lipinski definition) is 3. The zero-order chi connectivity index (χ0) is 15.4. The van der Waals surface area contributed by atoms with E-state index in [1.807, 2.05) is 24.3 Å². The molecule has 22 heavy (non-hydrogen) atoms. The third-order valence-corrected chi connectivity index (χ3v) is 4.35. The third-order valence-electron chi connectivity index (χ3n) is 4.35. The maximum Gasteiger partial charge on any atom is 0.241 e. The molecule has 2 heterocycles. The number of piperidine rings is 1. The largest absolute Gasteiger partial charge is 0.352 e. The van der Waals surface area contributed by atoms with Gasteiger partial charge in [0.05, 0.1) is 0 Å². The van der Waals surface area contributed by atoms with Crippen molar-refractivity contribution in [1.29, 1.82) is 0 Å². The summed E-state index contributed by atoms with van der Waals surface area (Å²) in [7, 11) is 0. The summed E-state index contributed by atoms with van der Waals surface area (Å²) in [6.07, 6.45) is 5.71. The van der Waals surface area contributed by atoms with Gasteiger partial charge in [-0.25, -0.2) is 4.39 Å². The Bertz CT molecular complexity index is 553. The summed E-state index contributed by atoms with van der Waals surface area (Å²) in [5, 5.41) is 6.22. The molecular weight excluding hydrogens is 281 g/mol. The summed E-state index contributed by atoms with van der Waals surface area (Å²) in [6.45, 7) is 3.17. The second kappa shape index (κ2) is 7.03. The normalized spacial score (nSPS) is 22.9. The van der Waals surface area contributed by atoms with Crippen molar-refractivity contribution in [3.05, 3.63) is 47.8 Å². The maximum absolute atomic E-state index is 13.7. The number of nitrogens with one attached hydrogen (secondary N) is 2. The van der Waals surface area contributed by atoms with Crippen molar-refractivity contribution in [3.63, 3.8) is 0 Å². The Morgan fingerprint density at radius 2 is 2.09 bits per heavy atom. The first-order chi connectivity index (χ1) is 10.7. The second-order valence-electron chi connectivity index (χ2n) is 5.96. The molecule has 0 saturated carbocycles. The molecule has 118 valence electrons. The van der Waals surface area contributed by atoms with E-state index in [9.17, 15) is 9.18 Å². The summed E-state index contributed by atoms with van der Waals surface area (Å²) in [4.78, 5) is 14.3. The van der Waals surface area contributed by atoms with Crippen molar-refractivity contribution in [2.45, 2.75) is 31.5 Å². The lowest BCUT2D eigenvalue weighted by molar-refractivity contribution is -0.122. The molecule has 1 amide bonds. The van der Waals surface area contributed by atoms with E-state index in [4.69, 9.17) is 0 Å². The summed E-state index contributed by atoms with van der Waals surface area (Å²) in [5.74, 6) is -0.0849. The first-order valence-corrected chi connectivity index (χ1v) is 7.88. The van der Waals surface area contributed by atoms with Gasteiger partial charge in [0.25, 0.3) is 0 Å². The predicted molar refractivity (Wildman–Crippen MR) is 83.8 cm³/mol. The Balaban J connectivity index is 1.45. The molecular formula is C17H22FN3O. The Morgan fingerprint density at radius 3 is 2.77 bits per heavy atom. The van der Waals surface area contributed by atoms with Gasteiger partial charge in [-0.1, -0.05) is 30.4 Å². The highest BCUT2D eigenvalue weighted by molar-refractivity contribution is 5.84. The predicted octanol–water partition coefficient (Wildman–Crippen LogP) is 1.43. The molecule has 2 aliphatic rings. The number of rotatable bonds is 4. The van der Waals surface area contributed by atoms with Gasteiger partial charge >= 0.3 is 0 Å². The zero-order valence-corrected chi connectivity index (χ0v) is 12.6. The van der Waals surface area contributed by atoms with E-state index in [1.165, 1.54) is 6.07 Å². The number of likely N-dealkylation sites (tertiary alicyclic amines) is 1. The van der Waals surface area contributed by atoms with Crippen LogP contribution in [0.25, 0.3) is 0 Å². The fraction of sp³-hybridized carbons (Fsp3) is 0.471. The molecule has 0 bridgehead atoms. The van der Waals surface area contributed by atoms with Crippen LogP contribution in [-0.4, -0.2) is 42.5 Å². The quantitative estimate of drug-likeness (QED) is 0.827. The van der Waals surface area contributed by atoms with Gasteiger partial charge in [-0.05, 0) is 18.9 Å². The van der Waals surface area contributed by atoms with Gasteiger partial charge < -0.3 is 5.32 Å². The van der Waals surface area contributed by atoms with Crippen molar-refractivity contribution in [2.75, 3.05) is 19.6 Å². The molecule has 0 radical (unpaired) electrons. The number of hydrogen-bond donors (Lipinski definition) is 2. The van der Waals surface area contributed by atoms with E-state index in [2.05, 4.69) is 15.5 Å². The van der Waals surface area contributed by atoms with Crippen LogP contribution in [-0.2, 0) is 11.3 Å². The van der Waals surface area contributed by atoms with E-state index in [-0.39, 0.29) is 23.8 Å². The van der Waals surface area contributed by atoms with Crippen LogP contribution in [0.4, 0.5) is 4.39 Å². The number of carbonyl (C=O) groups excluding carboxylic acids is 1. The summed E-state index contributed by atoms with van der Waals surface area (Å²) >= 11 is 0. The first kappa shape index (κ1) is 15.2. The van der Waals surface area contributed by atoms with Crippen molar-refractivity contribution in [1.82, 2.24) is 15.5 Å². The number of carbonyl (C=O) groups is 1. The topological polar surface area (TPSA) is 44.4 Å². The van der Waals surface area contributed by atoms with Crippen LogP contribution in [0, 0.1) is 5.82 Å². The summed E-state index contributed by atoms with van der Waals surface area (Å²) in [6, 6.07) is 6.96. The smallest absolute Gasteiger partial charge is 0.241 e. The molecule has 0 unspecified atom stereocenters. The van der Waals surface area contributed by atoms with E-state index in [0.717, 1.165) is 38.0 Å². The number of amides is 1. The lowest BCUT2D eigenvalue weighted by atomic mass is 10.0. The van der Waals surface area contributed by atoms with Gasteiger partial charge in [-0.15, -0.1) is 0 Å². The Morgan fingerprint density at radius 1 is 1.32 bits per heavy atom. The molecule has 1 aromatic rings. The van der Waals surface area contributed by atoms with Crippen LogP contribution in [0.5, 0.6) is 0 Å². The molecule has 1 saturated heterocycles. The standard InChI is InChI=1S/C17H22FN3O/c18-15-5-2-1-4-13(15)12-21-10-7-14(8-11-21)20-17(22)16-6-3-9-19-16/h1-6,14,16,19H,7-12H2,(H,20,22)/t16-/m1/s1. The molecule has 5 heteroatoms. The van der Waals surface area contributed by atoms with Crippen LogP contribution in [0.2, 0.25) is 0 Å². The van der Waals surface area contributed by atoms with Crippen LogP contribution in [0.3, 0.4) is 0 Å². The van der Waals surface area contributed by atoms with E-state index >= 15 is 0 Å². The highest BCUT2D eigenvalue weighted by Crippen LogP contribution is 2.16. The summed E-state index contributed by atoms with van der Waals surface area (Å²) in [5.41, 5.74) is 0.741. The average Bonchev–Trinajstić information content (AvgIpc) is 3.06. The van der Waals surface area contributed by atoms with Crippen molar-refractivity contribution < 1.29 is 9.18 Å². The molecule has 1 atom stereocenters. The minimum Gasteiger partial charge on any atom is -0.352 e. The van der Waals surface area contributed by atoms with E-state index in [0.29, 0.717) is 6.54 Å². The van der Waals surface area contributed by atoms with Gasteiger partial charge in [0, 0.05) is 37.8 Å². The maximum atomic E-state index is 13.7. The van der Waals surface area contributed by atoms with Gasteiger partial charge in [0.15, 0.2) is 0 Å². The van der Waals surface area contributed by atoms with Crippen LogP contribution >= 0.6 is 0 Å². The molecule has 0 spiro atoms. The Labute approximate surface area is 130 Å². The number of benzene rings is 1. The molecule has 0 aliphatic carbocycles. The SMILES string of the molecule is O=C(NC1CCN(Cc2ccccc2F)CC1)[C@H]1C=CCN1. The minimum atomic E-state index is -0.184. The Kier molecular flexibility index (Phi) is 4.85. The van der Waals surface area contributed by atoms with E-state index in [1.54, 1.807) is 6.07 Å². The lowest BCUT2D eigenvalue weighted by Crippen LogP contribution is -2.49. The molecule has 2 aliphatic heterocycles. The third kappa shape index (κ3) is 3.72. The lowest BCUT2D eigenvalue weighted by Gasteiger charge is -2.32. The number of halogens is 1. The Hall–Kier alpha value is -1.72. The summed E-state index contributed by atoms with van der Waals surface area (Å²) < 4.78 is 13.7. The second-order valence-corrected chi connectivity index (χ2v) is 5.96.